The van der Waals surface area contributed by atoms with E-state index in [1.165, 1.54) is 37.4 Å². The van der Waals surface area contributed by atoms with Crippen molar-refractivity contribution in [3.63, 3.8) is 0 Å². The van der Waals surface area contributed by atoms with Crippen molar-refractivity contribution < 1.29 is 27.5 Å². The average Bonchev–Trinajstić information content (AvgIpc) is 2.65. The van der Waals surface area contributed by atoms with Crippen LogP contribution in [-0.4, -0.2) is 40.4 Å². The number of esters is 1. The summed E-state index contributed by atoms with van der Waals surface area (Å²) in [6, 6.07) is 12.0. The third-order valence-corrected chi connectivity index (χ3v) is 5.01. The average molecular weight is 398 g/mol. The van der Waals surface area contributed by atoms with Crippen LogP contribution in [-0.2, 0) is 19.6 Å². The maximum atomic E-state index is 12.0. The molecule has 0 radical (unpaired) electrons. The first kappa shape index (κ1) is 19.9. The highest BCUT2D eigenvalue weighted by Gasteiger charge is 2.17. The molecular weight excluding hydrogens is 382 g/mol. The van der Waals surface area contributed by atoms with Crippen LogP contribution in [0.25, 0.3) is 0 Å². The zero-order valence-electron chi connectivity index (χ0n) is 13.8. The van der Waals surface area contributed by atoms with Gasteiger partial charge in [-0.05, 0) is 30.3 Å². The van der Waals surface area contributed by atoms with Gasteiger partial charge in [-0.3, -0.25) is 9.59 Å². The van der Waals surface area contributed by atoms with E-state index >= 15 is 0 Å². The largest absolute Gasteiger partial charge is 0.495 e. The molecule has 0 aromatic heterocycles. The first-order chi connectivity index (χ1) is 12.3. The number of sulfonamides is 1. The van der Waals surface area contributed by atoms with E-state index in [0.717, 1.165) is 0 Å². The number of nitrogens with one attached hydrogen (secondary N) is 1. The normalized spacial score (nSPS) is 11.0. The van der Waals surface area contributed by atoms with E-state index in [2.05, 4.69) is 4.72 Å². The Morgan fingerprint density at radius 3 is 2.42 bits per heavy atom. The van der Waals surface area contributed by atoms with Crippen molar-refractivity contribution in [1.29, 1.82) is 0 Å². The smallest absolute Gasteiger partial charge is 0.321 e. The van der Waals surface area contributed by atoms with Crippen molar-refractivity contribution >= 4 is 33.4 Å². The number of Topliss-reactive ketones (excluding diaryl/α,β-unsaturated/α-hetero) is 1. The molecule has 0 saturated heterocycles. The van der Waals surface area contributed by atoms with Crippen LogP contribution in [0.3, 0.4) is 0 Å². The highest BCUT2D eigenvalue weighted by molar-refractivity contribution is 7.89. The Kier molecular flexibility index (Phi) is 6.73. The van der Waals surface area contributed by atoms with Gasteiger partial charge in [0.25, 0.3) is 0 Å². The summed E-state index contributed by atoms with van der Waals surface area (Å²) in [6.07, 6.45) is 0. The Hall–Kier alpha value is -2.42. The van der Waals surface area contributed by atoms with Crippen LogP contribution in [0.1, 0.15) is 10.4 Å². The summed E-state index contributed by atoms with van der Waals surface area (Å²) in [5, 5.41) is 0.250. The molecule has 138 valence electrons. The number of hydrogen-bond acceptors (Lipinski definition) is 6. The summed E-state index contributed by atoms with van der Waals surface area (Å²) >= 11 is 5.93. The lowest BCUT2D eigenvalue weighted by molar-refractivity contribution is -0.141. The number of hydrogen-bond donors (Lipinski definition) is 1. The molecule has 26 heavy (non-hydrogen) atoms. The van der Waals surface area contributed by atoms with Crippen LogP contribution in [0.4, 0.5) is 0 Å². The lowest BCUT2D eigenvalue weighted by Gasteiger charge is -2.08. The number of halogens is 1. The fraction of sp³-hybridized carbons (Fsp3) is 0.176. The molecule has 0 saturated carbocycles. The van der Waals surface area contributed by atoms with E-state index in [9.17, 15) is 18.0 Å². The first-order valence-corrected chi connectivity index (χ1v) is 9.26. The number of carbonyl (C=O) groups is 2. The van der Waals surface area contributed by atoms with Crippen molar-refractivity contribution in [2.75, 3.05) is 20.3 Å². The molecular formula is C17H16ClNO6S. The van der Waals surface area contributed by atoms with E-state index in [1.807, 2.05) is 0 Å². The predicted octanol–water partition coefficient (Wildman–Crippen LogP) is 2.05. The van der Waals surface area contributed by atoms with Crippen LogP contribution in [0.5, 0.6) is 5.75 Å². The molecule has 0 aliphatic heterocycles. The minimum Gasteiger partial charge on any atom is -0.495 e. The standard InChI is InChI=1S/C17H16ClNO6S/c1-24-16-8-7-12(9-14(16)18)15(20)11-25-17(21)10-19-26(22,23)13-5-3-2-4-6-13/h2-9,19H,10-11H2,1H3. The van der Waals surface area contributed by atoms with Gasteiger partial charge in [0.05, 0.1) is 17.0 Å². The highest BCUT2D eigenvalue weighted by Crippen LogP contribution is 2.25. The lowest BCUT2D eigenvalue weighted by atomic mass is 10.1. The Balaban J connectivity index is 1.87. The van der Waals surface area contributed by atoms with Crippen molar-refractivity contribution in [3.8, 4) is 5.75 Å². The maximum absolute atomic E-state index is 12.0. The number of carbonyl (C=O) groups excluding carboxylic acids is 2. The summed E-state index contributed by atoms with van der Waals surface area (Å²) in [5.41, 5.74) is 0.244. The van der Waals surface area contributed by atoms with Gasteiger partial charge in [-0.2, -0.15) is 4.72 Å². The molecule has 0 spiro atoms. The fourth-order valence-corrected chi connectivity index (χ4v) is 3.20. The minimum atomic E-state index is -3.83. The molecule has 0 unspecified atom stereocenters. The topological polar surface area (TPSA) is 98.8 Å². The highest BCUT2D eigenvalue weighted by atomic mass is 35.5. The van der Waals surface area contributed by atoms with Crippen LogP contribution in [0.2, 0.25) is 5.02 Å². The van der Waals surface area contributed by atoms with Crippen LogP contribution in [0, 0.1) is 0 Å². The Morgan fingerprint density at radius 2 is 1.81 bits per heavy atom. The molecule has 2 aromatic rings. The summed E-state index contributed by atoms with van der Waals surface area (Å²) in [5.74, 6) is -0.943. The van der Waals surface area contributed by atoms with Crippen LogP contribution >= 0.6 is 11.6 Å². The van der Waals surface area contributed by atoms with E-state index in [4.69, 9.17) is 21.1 Å². The van der Waals surface area contributed by atoms with Gasteiger partial charge in [0.1, 0.15) is 12.3 Å². The van der Waals surface area contributed by atoms with E-state index in [-0.39, 0.29) is 15.5 Å². The van der Waals surface area contributed by atoms with Crippen molar-refractivity contribution in [2.45, 2.75) is 4.90 Å². The molecule has 2 aromatic carbocycles. The Labute approximate surface area is 155 Å². The third kappa shape index (κ3) is 5.29. The monoisotopic (exact) mass is 397 g/mol. The molecule has 0 aliphatic rings. The summed E-state index contributed by atoms with van der Waals surface area (Å²) in [4.78, 5) is 23.7. The van der Waals surface area contributed by atoms with Gasteiger partial charge < -0.3 is 9.47 Å². The SMILES string of the molecule is COc1ccc(C(=O)COC(=O)CNS(=O)(=O)c2ccccc2)cc1Cl. The second-order valence-corrected chi connectivity index (χ2v) is 7.24. The van der Waals surface area contributed by atoms with Gasteiger partial charge in [0, 0.05) is 5.56 Å². The lowest BCUT2D eigenvalue weighted by Crippen LogP contribution is -2.31. The molecule has 2 rings (SSSR count). The number of rotatable bonds is 8. The zero-order chi connectivity index (χ0) is 19.2. The van der Waals surface area contributed by atoms with Gasteiger partial charge in [0.15, 0.2) is 12.4 Å². The van der Waals surface area contributed by atoms with Gasteiger partial charge >= 0.3 is 5.97 Å². The summed E-state index contributed by atoms with van der Waals surface area (Å²) in [7, 11) is -2.38. The second-order valence-electron chi connectivity index (χ2n) is 5.07. The molecule has 0 amide bonds. The van der Waals surface area contributed by atoms with Gasteiger partial charge in [0.2, 0.25) is 10.0 Å². The van der Waals surface area contributed by atoms with Crippen molar-refractivity contribution in [3.05, 3.63) is 59.1 Å². The first-order valence-electron chi connectivity index (χ1n) is 7.40. The number of ketones is 1. The fourth-order valence-electron chi connectivity index (χ4n) is 1.96. The van der Waals surface area contributed by atoms with Crippen LogP contribution in [0.15, 0.2) is 53.4 Å². The molecule has 0 atom stereocenters. The van der Waals surface area contributed by atoms with E-state index in [0.29, 0.717) is 5.75 Å². The third-order valence-electron chi connectivity index (χ3n) is 3.30. The second kappa shape index (κ2) is 8.79. The van der Waals surface area contributed by atoms with Gasteiger partial charge in [-0.1, -0.05) is 29.8 Å². The Morgan fingerprint density at radius 1 is 1.12 bits per heavy atom. The van der Waals surface area contributed by atoms with Gasteiger partial charge in [-0.15, -0.1) is 0 Å². The maximum Gasteiger partial charge on any atom is 0.321 e. The van der Waals surface area contributed by atoms with E-state index < -0.39 is 34.9 Å². The van der Waals surface area contributed by atoms with Crippen LogP contribution < -0.4 is 9.46 Å². The molecule has 0 fully saturated rings. The summed E-state index contributed by atoms with van der Waals surface area (Å²) in [6.45, 7) is -1.12. The van der Waals surface area contributed by atoms with E-state index in [1.54, 1.807) is 18.2 Å². The molecule has 9 heteroatoms. The molecule has 7 nitrogen and oxygen atoms in total. The molecule has 1 N–H and O–H groups in total. The number of methoxy groups -OCH3 is 1. The Bertz CT molecular complexity index is 899. The molecule has 0 bridgehead atoms. The zero-order valence-corrected chi connectivity index (χ0v) is 15.3. The van der Waals surface area contributed by atoms with Crippen molar-refractivity contribution in [1.82, 2.24) is 4.72 Å². The predicted molar refractivity (Wildman–Crippen MR) is 94.9 cm³/mol. The number of ether oxygens (including phenoxy) is 2. The summed E-state index contributed by atoms with van der Waals surface area (Å²) < 4.78 is 35.9. The number of benzene rings is 2. The minimum absolute atomic E-state index is 0.0248. The quantitative estimate of drug-likeness (QED) is 0.540. The molecule has 0 aliphatic carbocycles. The van der Waals surface area contributed by atoms with Gasteiger partial charge in [-0.25, -0.2) is 8.42 Å². The van der Waals surface area contributed by atoms with Crippen molar-refractivity contribution in [2.24, 2.45) is 0 Å². The molecule has 0 heterocycles.